The number of aromatic nitrogens is 2. The summed E-state index contributed by atoms with van der Waals surface area (Å²) < 4.78 is 2.20. The van der Waals surface area contributed by atoms with Gasteiger partial charge in [-0.2, -0.15) is 0 Å². The van der Waals surface area contributed by atoms with Crippen molar-refractivity contribution in [1.82, 2.24) is 9.97 Å². The standard InChI is InChI=1S/C38H22Br2N2/c39-37-27-11-3-1-9-25(27)35(31-21-23(15-17-29(31)37)33-13-5-7-19-41-33)36-26-10-2-4-12-28(26)38(40)30-18-16-24(22-32(30)36)34-14-6-8-20-42-34/h1-22H. The second-order valence-corrected chi connectivity index (χ2v) is 12.0. The Morgan fingerprint density at radius 3 is 1.14 bits per heavy atom. The van der Waals surface area contributed by atoms with Crippen molar-refractivity contribution in [3.05, 3.63) is 143 Å². The van der Waals surface area contributed by atoms with Gasteiger partial charge in [0.1, 0.15) is 0 Å². The number of benzene rings is 6. The zero-order chi connectivity index (χ0) is 28.2. The molecule has 0 N–H and O–H groups in total. The van der Waals surface area contributed by atoms with Crippen LogP contribution in [0.2, 0.25) is 0 Å². The van der Waals surface area contributed by atoms with Crippen LogP contribution in [0.4, 0.5) is 0 Å². The van der Waals surface area contributed by atoms with Gasteiger partial charge in [-0.15, -0.1) is 0 Å². The number of hydrogen-bond acceptors (Lipinski definition) is 2. The van der Waals surface area contributed by atoms with Crippen LogP contribution in [0.25, 0.3) is 76.7 Å². The molecule has 0 unspecified atom stereocenters. The number of pyridine rings is 2. The molecule has 198 valence electrons. The molecule has 0 atom stereocenters. The van der Waals surface area contributed by atoms with E-state index in [0.29, 0.717) is 0 Å². The zero-order valence-corrected chi connectivity index (χ0v) is 25.5. The SMILES string of the molecule is Brc1c2ccccc2c(-c2c3ccccc3c(Br)c3ccc(-c4ccccn4)cc23)c2cc(-c3ccccn3)ccc12. The fraction of sp³-hybridized carbons (Fsp3) is 0. The Bertz CT molecular complexity index is 2150. The average molecular weight is 666 g/mol. The van der Waals surface area contributed by atoms with Crippen molar-refractivity contribution in [2.45, 2.75) is 0 Å². The van der Waals surface area contributed by atoms with Crippen LogP contribution in [-0.2, 0) is 0 Å². The summed E-state index contributed by atoms with van der Waals surface area (Å²) in [7, 11) is 0. The lowest BCUT2D eigenvalue weighted by atomic mass is 9.85. The fourth-order valence-electron chi connectivity index (χ4n) is 6.17. The zero-order valence-electron chi connectivity index (χ0n) is 22.4. The van der Waals surface area contributed by atoms with Gasteiger partial charge in [-0.1, -0.05) is 84.9 Å². The molecule has 0 saturated heterocycles. The predicted octanol–water partition coefficient (Wildman–Crippen LogP) is 11.6. The van der Waals surface area contributed by atoms with Crippen LogP contribution in [0.5, 0.6) is 0 Å². The second kappa shape index (κ2) is 10.2. The first kappa shape index (κ1) is 25.3. The van der Waals surface area contributed by atoms with Crippen molar-refractivity contribution >= 4 is 74.9 Å². The highest BCUT2D eigenvalue weighted by Gasteiger charge is 2.21. The molecule has 2 aromatic heterocycles. The molecule has 8 aromatic rings. The van der Waals surface area contributed by atoms with E-state index in [9.17, 15) is 0 Å². The molecule has 0 spiro atoms. The molecule has 0 aliphatic rings. The molecule has 2 heterocycles. The minimum absolute atomic E-state index is 0.956. The summed E-state index contributed by atoms with van der Waals surface area (Å²) in [4.78, 5) is 9.35. The normalized spacial score (nSPS) is 11.6. The van der Waals surface area contributed by atoms with Gasteiger partial charge in [0.15, 0.2) is 0 Å². The largest absolute Gasteiger partial charge is 0.256 e. The molecular weight excluding hydrogens is 644 g/mol. The molecule has 0 aliphatic heterocycles. The summed E-state index contributed by atoms with van der Waals surface area (Å²) in [5.41, 5.74) is 6.52. The van der Waals surface area contributed by atoms with Crippen LogP contribution in [0.1, 0.15) is 0 Å². The lowest BCUT2D eigenvalue weighted by molar-refractivity contribution is 1.33. The summed E-state index contributed by atoms with van der Waals surface area (Å²) in [5.74, 6) is 0. The summed E-state index contributed by atoms with van der Waals surface area (Å²) >= 11 is 7.98. The molecule has 0 bridgehead atoms. The van der Waals surface area contributed by atoms with Gasteiger partial charge in [0.05, 0.1) is 11.4 Å². The summed E-state index contributed by atoms with van der Waals surface area (Å²) in [5, 5.41) is 9.48. The summed E-state index contributed by atoms with van der Waals surface area (Å²) in [6, 6.07) is 42.9. The summed E-state index contributed by atoms with van der Waals surface area (Å²) in [6.45, 7) is 0. The highest BCUT2D eigenvalue weighted by molar-refractivity contribution is 9.11. The first-order valence-corrected chi connectivity index (χ1v) is 15.4. The average Bonchev–Trinajstić information content (AvgIpc) is 3.06. The van der Waals surface area contributed by atoms with Crippen LogP contribution >= 0.6 is 31.9 Å². The highest BCUT2D eigenvalue weighted by atomic mass is 79.9. The third-order valence-corrected chi connectivity index (χ3v) is 9.80. The van der Waals surface area contributed by atoms with Crippen molar-refractivity contribution in [2.75, 3.05) is 0 Å². The maximum absolute atomic E-state index is 4.67. The maximum Gasteiger partial charge on any atom is 0.0702 e. The van der Waals surface area contributed by atoms with Gasteiger partial charge in [0.25, 0.3) is 0 Å². The smallest absolute Gasteiger partial charge is 0.0702 e. The van der Waals surface area contributed by atoms with E-state index >= 15 is 0 Å². The lowest BCUT2D eigenvalue weighted by Crippen LogP contribution is -1.93. The summed E-state index contributed by atoms with van der Waals surface area (Å²) in [6.07, 6.45) is 3.71. The topological polar surface area (TPSA) is 25.8 Å². The van der Waals surface area contributed by atoms with E-state index in [1.54, 1.807) is 0 Å². The molecule has 0 aliphatic carbocycles. The van der Waals surface area contributed by atoms with Crippen LogP contribution < -0.4 is 0 Å². The third kappa shape index (κ3) is 3.98. The van der Waals surface area contributed by atoms with Crippen molar-refractivity contribution < 1.29 is 0 Å². The van der Waals surface area contributed by atoms with Crippen molar-refractivity contribution in [3.8, 4) is 33.6 Å². The molecule has 4 heteroatoms. The Morgan fingerprint density at radius 1 is 0.357 bits per heavy atom. The van der Waals surface area contributed by atoms with E-state index in [1.165, 1.54) is 54.2 Å². The second-order valence-electron chi connectivity index (χ2n) is 10.4. The van der Waals surface area contributed by atoms with Gasteiger partial charge in [-0.05, 0) is 122 Å². The van der Waals surface area contributed by atoms with Gasteiger partial charge in [-0.3, -0.25) is 9.97 Å². The molecule has 0 fully saturated rings. The molecule has 0 radical (unpaired) electrons. The Labute approximate surface area is 260 Å². The molecule has 6 aromatic carbocycles. The minimum atomic E-state index is 0.956. The molecule has 0 saturated carbocycles. The molecular formula is C38H22Br2N2. The molecule has 2 nitrogen and oxygen atoms in total. The Hall–Kier alpha value is -4.38. The Kier molecular flexibility index (Phi) is 6.13. The first-order valence-electron chi connectivity index (χ1n) is 13.8. The van der Waals surface area contributed by atoms with Crippen LogP contribution in [0, 0.1) is 0 Å². The van der Waals surface area contributed by atoms with Gasteiger partial charge in [0, 0.05) is 32.5 Å². The molecule has 8 rings (SSSR count). The maximum atomic E-state index is 4.67. The van der Waals surface area contributed by atoms with E-state index in [1.807, 2.05) is 36.7 Å². The van der Waals surface area contributed by atoms with E-state index in [2.05, 4.69) is 139 Å². The van der Waals surface area contributed by atoms with E-state index < -0.39 is 0 Å². The highest BCUT2D eigenvalue weighted by Crippen LogP contribution is 2.49. The minimum Gasteiger partial charge on any atom is -0.256 e. The number of rotatable bonds is 3. The van der Waals surface area contributed by atoms with Crippen molar-refractivity contribution in [3.63, 3.8) is 0 Å². The third-order valence-electron chi connectivity index (χ3n) is 8.09. The Morgan fingerprint density at radius 2 is 0.738 bits per heavy atom. The molecule has 42 heavy (non-hydrogen) atoms. The number of hydrogen-bond donors (Lipinski definition) is 0. The molecule has 0 amide bonds. The number of fused-ring (bicyclic) bond motifs is 4. The van der Waals surface area contributed by atoms with E-state index in [0.717, 1.165) is 31.5 Å². The van der Waals surface area contributed by atoms with Crippen LogP contribution in [-0.4, -0.2) is 9.97 Å². The van der Waals surface area contributed by atoms with E-state index in [4.69, 9.17) is 0 Å². The number of nitrogens with zero attached hydrogens (tertiary/aromatic N) is 2. The Balaban J connectivity index is 1.60. The van der Waals surface area contributed by atoms with Crippen molar-refractivity contribution in [2.24, 2.45) is 0 Å². The number of halogens is 2. The van der Waals surface area contributed by atoms with Crippen LogP contribution in [0.3, 0.4) is 0 Å². The van der Waals surface area contributed by atoms with E-state index in [-0.39, 0.29) is 0 Å². The van der Waals surface area contributed by atoms with Crippen molar-refractivity contribution in [1.29, 1.82) is 0 Å². The fourth-order valence-corrected chi connectivity index (χ4v) is 7.56. The van der Waals surface area contributed by atoms with Gasteiger partial charge in [0.2, 0.25) is 0 Å². The van der Waals surface area contributed by atoms with Gasteiger partial charge in [-0.25, -0.2) is 0 Å². The lowest BCUT2D eigenvalue weighted by Gasteiger charge is -2.20. The van der Waals surface area contributed by atoms with Gasteiger partial charge >= 0.3 is 0 Å². The van der Waals surface area contributed by atoms with Crippen LogP contribution in [0.15, 0.2) is 143 Å². The quantitative estimate of drug-likeness (QED) is 0.175. The first-order chi connectivity index (χ1) is 20.7. The van der Waals surface area contributed by atoms with Gasteiger partial charge < -0.3 is 0 Å². The predicted molar refractivity (Wildman–Crippen MR) is 184 cm³/mol. The monoisotopic (exact) mass is 664 g/mol.